The van der Waals surface area contributed by atoms with Crippen molar-refractivity contribution >= 4 is 5.69 Å². The molecule has 0 aliphatic heterocycles. The van der Waals surface area contributed by atoms with Gasteiger partial charge in [0.1, 0.15) is 0 Å². The third kappa shape index (κ3) is 2.39. The zero-order valence-corrected chi connectivity index (χ0v) is 7.15. The van der Waals surface area contributed by atoms with Crippen molar-refractivity contribution in [2.75, 3.05) is 0 Å². The molecule has 1 aromatic rings. The van der Waals surface area contributed by atoms with E-state index in [-0.39, 0.29) is 5.56 Å². The van der Waals surface area contributed by atoms with Gasteiger partial charge in [-0.1, -0.05) is 11.2 Å². The lowest BCUT2D eigenvalue weighted by Gasteiger charge is -2.09. The molecule has 0 bridgehead atoms. The van der Waals surface area contributed by atoms with Gasteiger partial charge < -0.3 is 0 Å². The van der Waals surface area contributed by atoms with E-state index in [1.54, 1.807) is 6.07 Å². The number of hydrogen-bond donors (Lipinski definition) is 0. The van der Waals surface area contributed by atoms with Gasteiger partial charge in [0.2, 0.25) is 0 Å². The molecule has 0 aliphatic rings. The Labute approximate surface area is 82.2 Å². The number of nitriles is 1. The van der Waals surface area contributed by atoms with Gasteiger partial charge in [0.15, 0.2) is 0 Å². The van der Waals surface area contributed by atoms with Gasteiger partial charge in [0, 0.05) is 10.6 Å². The first-order valence-corrected chi connectivity index (χ1v) is 3.65. The van der Waals surface area contributed by atoms with Crippen LogP contribution in [0.3, 0.4) is 0 Å². The first-order chi connectivity index (χ1) is 6.99. The molecule has 0 radical (unpaired) electrons. The molecule has 0 heterocycles. The van der Waals surface area contributed by atoms with Gasteiger partial charge >= 0.3 is 6.18 Å². The lowest BCUT2D eigenvalue weighted by Crippen LogP contribution is -2.05. The summed E-state index contributed by atoms with van der Waals surface area (Å²) in [6.07, 6.45) is -4.64. The standard InChI is InChI=1S/C8H3F3N4/c9-8(10,11)6-3-5(4-12)1-2-7(6)14-15-13/h1-3H. The van der Waals surface area contributed by atoms with E-state index in [2.05, 4.69) is 10.0 Å². The largest absolute Gasteiger partial charge is 0.416 e. The van der Waals surface area contributed by atoms with Crippen LogP contribution < -0.4 is 0 Å². The predicted molar refractivity (Wildman–Crippen MR) is 45.0 cm³/mol. The minimum Gasteiger partial charge on any atom is -0.192 e. The number of hydrogen-bond acceptors (Lipinski definition) is 2. The summed E-state index contributed by atoms with van der Waals surface area (Å²) in [5, 5.41) is 11.3. The molecule has 0 N–H and O–H groups in total. The Kier molecular flexibility index (Phi) is 2.83. The van der Waals surface area contributed by atoms with Crippen LogP contribution in [0.2, 0.25) is 0 Å². The number of benzene rings is 1. The van der Waals surface area contributed by atoms with E-state index < -0.39 is 17.4 Å². The van der Waals surface area contributed by atoms with Gasteiger partial charge in [0.05, 0.1) is 17.2 Å². The summed E-state index contributed by atoms with van der Waals surface area (Å²) in [5.74, 6) is 0. The Bertz CT molecular complexity index is 466. The highest BCUT2D eigenvalue weighted by Crippen LogP contribution is 2.36. The van der Waals surface area contributed by atoms with E-state index in [9.17, 15) is 13.2 Å². The normalized spacial score (nSPS) is 10.3. The topological polar surface area (TPSA) is 72.5 Å². The predicted octanol–water partition coefficient (Wildman–Crippen LogP) is 3.52. The molecule has 0 unspecified atom stereocenters. The Hall–Kier alpha value is -2.19. The summed E-state index contributed by atoms with van der Waals surface area (Å²) in [6.45, 7) is 0. The molecule has 0 atom stereocenters. The number of alkyl halides is 3. The molecule has 0 amide bonds. The van der Waals surface area contributed by atoms with E-state index in [0.717, 1.165) is 12.1 Å². The lowest BCUT2D eigenvalue weighted by molar-refractivity contribution is -0.137. The van der Waals surface area contributed by atoms with Gasteiger partial charge in [-0.2, -0.15) is 18.4 Å². The van der Waals surface area contributed by atoms with E-state index in [0.29, 0.717) is 6.07 Å². The first kappa shape index (κ1) is 10.9. The maximum atomic E-state index is 12.4. The molecule has 76 valence electrons. The Balaban J connectivity index is 3.43. The summed E-state index contributed by atoms with van der Waals surface area (Å²) < 4.78 is 37.2. The highest BCUT2D eigenvalue weighted by atomic mass is 19.4. The van der Waals surface area contributed by atoms with Crippen molar-refractivity contribution in [1.82, 2.24) is 0 Å². The van der Waals surface area contributed by atoms with Crippen LogP contribution in [0.1, 0.15) is 11.1 Å². The fraction of sp³-hybridized carbons (Fsp3) is 0.125. The molecule has 0 spiro atoms. The van der Waals surface area contributed by atoms with Gasteiger partial charge in [-0.05, 0) is 17.7 Å². The van der Waals surface area contributed by atoms with Gasteiger partial charge in [-0.25, -0.2) is 0 Å². The maximum absolute atomic E-state index is 12.4. The summed E-state index contributed by atoms with van der Waals surface area (Å²) in [7, 11) is 0. The van der Waals surface area contributed by atoms with E-state index in [1.807, 2.05) is 0 Å². The molecular weight excluding hydrogens is 209 g/mol. The molecule has 0 saturated carbocycles. The third-order valence-corrected chi connectivity index (χ3v) is 1.58. The highest BCUT2D eigenvalue weighted by molar-refractivity contribution is 5.51. The Morgan fingerprint density at radius 3 is 2.53 bits per heavy atom. The van der Waals surface area contributed by atoms with E-state index in [1.165, 1.54) is 0 Å². The van der Waals surface area contributed by atoms with Crippen molar-refractivity contribution < 1.29 is 13.2 Å². The fourth-order valence-corrected chi connectivity index (χ4v) is 0.968. The van der Waals surface area contributed by atoms with Crippen LogP contribution in [0.5, 0.6) is 0 Å². The molecule has 1 aromatic carbocycles. The number of rotatable bonds is 1. The summed E-state index contributed by atoms with van der Waals surface area (Å²) in [5.41, 5.74) is 6.27. The molecule has 0 saturated heterocycles. The summed E-state index contributed by atoms with van der Waals surface area (Å²) in [6, 6.07) is 4.33. The van der Waals surface area contributed by atoms with Crippen molar-refractivity contribution in [2.45, 2.75) is 6.18 Å². The SMILES string of the molecule is N#Cc1ccc(N=[N+]=[N-])c(C(F)(F)F)c1. The summed E-state index contributed by atoms with van der Waals surface area (Å²) in [4.78, 5) is 2.28. The highest BCUT2D eigenvalue weighted by Gasteiger charge is 2.33. The molecule has 0 aliphatic carbocycles. The van der Waals surface area contributed by atoms with Crippen LogP contribution >= 0.6 is 0 Å². The van der Waals surface area contributed by atoms with Crippen LogP contribution in [0.15, 0.2) is 23.3 Å². The van der Waals surface area contributed by atoms with Crippen molar-refractivity contribution in [1.29, 1.82) is 5.26 Å². The van der Waals surface area contributed by atoms with Crippen LogP contribution in [-0.4, -0.2) is 0 Å². The molecule has 7 heteroatoms. The molecule has 15 heavy (non-hydrogen) atoms. The molecule has 0 aromatic heterocycles. The van der Waals surface area contributed by atoms with Crippen molar-refractivity contribution in [3.05, 3.63) is 39.8 Å². The van der Waals surface area contributed by atoms with Crippen LogP contribution in [0.4, 0.5) is 18.9 Å². The average Bonchev–Trinajstić information content (AvgIpc) is 2.17. The maximum Gasteiger partial charge on any atom is 0.416 e. The number of nitrogens with zero attached hydrogens (tertiary/aromatic N) is 4. The molecule has 4 nitrogen and oxygen atoms in total. The van der Waals surface area contributed by atoms with Gasteiger partial charge in [-0.15, -0.1) is 0 Å². The van der Waals surface area contributed by atoms with E-state index in [4.69, 9.17) is 10.8 Å². The Morgan fingerprint density at radius 2 is 2.07 bits per heavy atom. The minimum atomic E-state index is -4.64. The smallest absolute Gasteiger partial charge is 0.192 e. The van der Waals surface area contributed by atoms with Crippen molar-refractivity contribution in [3.8, 4) is 6.07 Å². The fourth-order valence-electron chi connectivity index (χ4n) is 0.968. The second kappa shape index (κ2) is 3.90. The Morgan fingerprint density at radius 1 is 1.40 bits per heavy atom. The molecule has 1 rings (SSSR count). The monoisotopic (exact) mass is 212 g/mol. The average molecular weight is 212 g/mol. The molecule has 0 fully saturated rings. The van der Waals surface area contributed by atoms with Crippen LogP contribution in [-0.2, 0) is 6.18 Å². The second-order valence-electron chi connectivity index (χ2n) is 2.53. The quantitative estimate of drug-likeness (QED) is 0.398. The van der Waals surface area contributed by atoms with Gasteiger partial charge in [0.25, 0.3) is 0 Å². The van der Waals surface area contributed by atoms with Crippen LogP contribution in [0.25, 0.3) is 10.4 Å². The second-order valence-corrected chi connectivity index (χ2v) is 2.53. The zero-order valence-electron chi connectivity index (χ0n) is 7.15. The number of halogens is 3. The zero-order chi connectivity index (χ0) is 11.5. The number of azide groups is 1. The lowest BCUT2D eigenvalue weighted by atomic mass is 10.1. The third-order valence-electron chi connectivity index (χ3n) is 1.58. The minimum absolute atomic E-state index is 0.140. The van der Waals surface area contributed by atoms with Crippen molar-refractivity contribution in [3.63, 3.8) is 0 Å². The molecular formula is C8H3F3N4. The van der Waals surface area contributed by atoms with Crippen molar-refractivity contribution in [2.24, 2.45) is 5.11 Å². The van der Waals surface area contributed by atoms with Gasteiger partial charge in [-0.3, -0.25) is 0 Å². The van der Waals surface area contributed by atoms with E-state index >= 15 is 0 Å². The first-order valence-electron chi connectivity index (χ1n) is 3.65. The van der Waals surface area contributed by atoms with Crippen LogP contribution in [0, 0.1) is 11.3 Å². The summed E-state index contributed by atoms with van der Waals surface area (Å²) >= 11 is 0.